The number of benzene rings is 1. The third-order valence-corrected chi connectivity index (χ3v) is 6.53. The van der Waals surface area contributed by atoms with Gasteiger partial charge in [0.15, 0.2) is 0 Å². The number of nitrogens with zero attached hydrogens (tertiary/aromatic N) is 2. The van der Waals surface area contributed by atoms with E-state index in [2.05, 4.69) is 21.9 Å². The highest BCUT2D eigenvalue weighted by atomic mass is 16.5. The highest BCUT2D eigenvalue weighted by molar-refractivity contribution is 5.76. The summed E-state index contributed by atoms with van der Waals surface area (Å²) >= 11 is 0. The SMILES string of the molecule is COc1ccc(CN2CC[C@@H]3[C@@H](CO[C@H]3CC(=O)N3CCCCC3)C2)cc1. The van der Waals surface area contributed by atoms with Gasteiger partial charge in [-0.2, -0.15) is 0 Å². The highest BCUT2D eigenvalue weighted by Crippen LogP contribution is 2.36. The fraction of sp³-hybridized carbons (Fsp3) is 0.682. The summed E-state index contributed by atoms with van der Waals surface area (Å²) in [6.45, 7) is 5.83. The Morgan fingerprint density at radius 1 is 1.15 bits per heavy atom. The zero-order valence-corrected chi connectivity index (χ0v) is 16.4. The zero-order chi connectivity index (χ0) is 18.6. The van der Waals surface area contributed by atoms with Crippen LogP contribution in [0.4, 0.5) is 0 Å². The van der Waals surface area contributed by atoms with Crippen LogP contribution in [-0.4, -0.2) is 61.7 Å². The maximum atomic E-state index is 12.6. The molecule has 0 unspecified atom stereocenters. The first-order valence-electron chi connectivity index (χ1n) is 10.5. The molecule has 5 heteroatoms. The molecular formula is C22H32N2O3. The number of hydrogen-bond acceptors (Lipinski definition) is 4. The van der Waals surface area contributed by atoms with E-state index in [9.17, 15) is 4.79 Å². The Labute approximate surface area is 162 Å². The monoisotopic (exact) mass is 372 g/mol. The second-order valence-electron chi connectivity index (χ2n) is 8.31. The lowest BCUT2D eigenvalue weighted by molar-refractivity contribution is -0.134. The molecule has 3 heterocycles. The average Bonchev–Trinajstić information content (AvgIpc) is 3.11. The summed E-state index contributed by atoms with van der Waals surface area (Å²) in [5, 5.41) is 0. The summed E-state index contributed by atoms with van der Waals surface area (Å²) in [4.78, 5) is 17.2. The first-order chi connectivity index (χ1) is 13.2. The van der Waals surface area contributed by atoms with Gasteiger partial charge in [-0.05, 0) is 55.8 Å². The maximum absolute atomic E-state index is 12.6. The molecule has 0 N–H and O–H groups in total. The van der Waals surface area contributed by atoms with Crippen molar-refractivity contribution in [2.75, 3.05) is 39.9 Å². The van der Waals surface area contributed by atoms with Gasteiger partial charge in [-0.3, -0.25) is 9.69 Å². The number of rotatable bonds is 5. The predicted octanol–water partition coefficient (Wildman–Crippen LogP) is 2.93. The quantitative estimate of drug-likeness (QED) is 0.797. The minimum absolute atomic E-state index is 0.132. The minimum Gasteiger partial charge on any atom is -0.497 e. The van der Waals surface area contributed by atoms with Crippen molar-refractivity contribution in [3.8, 4) is 5.75 Å². The van der Waals surface area contributed by atoms with Gasteiger partial charge < -0.3 is 14.4 Å². The molecule has 148 valence electrons. The Balaban J connectivity index is 1.28. The number of likely N-dealkylation sites (tertiary alicyclic amines) is 2. The van der Waals surface area contributed by atoms with Gasteiger partial charge >= 0.3 is 0 Å². The van der Waals surface area contributed by atoms with E-state index in [1.165, 1.54) is 12.0 Å². The van der Waals surface area contributed by atoms with Crippen LogP contribution in [0.25, 0.3) is 0 Å². The molecule has 3 fully saturated rings. The third kappa shape index (κ3) is 4.46. The molecule has 1 amide bonds. The van der Waals surface area contributed by atoms with Crippen molar-refractivity contribution >= 4 is 5.91 Å². The molecule has 4 rings (SSSR count). The van der Waals surface area contributed by atoms with Crippen LogP contribution in [0, 0.1) is 11.8 Å². The largest absolute Gasteiger partial charge is 0.497 e. The number of piperidine rings is 2. The molecule has 0 saturated carbocycles. The van der Waals surface area contributed by atoms with Crippen molar-refractivity contribution < 1.29 is 14.3 Å². The summed E-state index contributed by atoms with van der Waals surface area (Å²) in [7, 11) is 1.70. The molecular weight excluding hydrogens is 340 g/mol. The van der Waals surface area contributed by atoms with Crippen molar-refractivity contribution in [2.45, 2.75) is 44.8 Å². The molecule has 27 heavy (non-hydrogen) atoms. The van der Waals surface area contributed by atoms with E-state index in [1.54, 1.807) is 7.11 Å². The first-order valence-corrected chi connectivity index (χ1v) is 10.5. The first kappa shape index (κ1) is 18.8. The lowest BCUT2D eigenvalue weighted by Crippen LogP contribution is -2.43. The molecule has 0 aromatic heterocycles. The molecule has 0 radical (unpaired) electrons. The Hall–Kier alpha value is -1.59. The third-order valence-electron chi connectivity index (χ3n) is 6.53. The lowest BCUT2D eigenvalue weighted by Gasteiger charge is -2.36. The molecule has 0 bridgehead atoms. The molecule has 3 aliphatic heterocycles. The molecule has 1 aromatic rings. The molecule has 1 aromatic carbocycles. The van der Waals surface area contributed by atoms with Gasteiger partial charge in [-0.25, -0.2) is 0 Å². The van der Waals surface area contributed by atoms with Gasteiger partial charge in [0.25, 0.3) is 0 Å². The van der Waals surface area contributed by atoms with Gasteiger partial charge in [0.05, 0.1) is 26.2 Å². The number of hydrogen-bond donors (Lipinski definition) is 0. The van der Waals surface area contributed by atoms with E-state index in [4.69, 9.17) is 9.47 Å². The number of methoxy groups -OCH3 is 1. The van der Waals surface area contributed by atoms with Gasteiger partial charge in [-0.15, -0.1) is 0 Å². The minimum atomic E-state index is 0.132. The standard InChI is InChI=1S/C22H32N2O3/c1-26-19-7-5-17(6-8-19)14-23-12-9-20-18(15-23)16-27-21(20)13-22(25)24-10-3-2-4-11-24/h5-8,18,20-21H,2-4,9-16H2,1H3/t18-,20-,21+/m1/s1. The summed E-state index contributed by atoms with van der Waals surface area (Å²) in [5.41, 5.74) is 1.32. The van der Waals surface area contributed by atoms with Crippen LogP contribution in [0.2, 0.25) is 0 Å². The Morgan fingerprint density at radius 3 is 2.67 bits per heavy atom. The van der Waals surface area contributed by atoms with Crippen LogP contribution in [0.1, 0.15) is 37.7 Å². The summed E-state index contributed by atoms with van der Waals surface area (Å²) in [6, 6.07) is 8.36. The maximum Gasteiger partial charge on any atom is 0.225 e. The molecule has 3 saturated heterocycles. The number of ether oxygens (including phenoxy) is 2. The number of fused-ring (bicyclic) bond motifs is 1. The summed E-state index contributed by atoms with van der Waals surface area (Å²) in [6.07, 6.45) is 5.43. The van der Waals surface area contributed by atoms with Gasteiger partial charge in [0, 0.05) is 32.1 Å². The summed E-state index contributed by atoms with van der Waals surface area (Å²) < 4.78 is 11.3. The average molecular weight is 373 g/mol. The van der Waals surface area contributed by atoms with Crippen molar-refractivity contribution in [1.82, 2.24) is 9.80 Å². The van der Waals surface area contributed by atoms with Crippen LogP contribution in [0.15, 0.2) is 24.3 Å². The second kappa shape index (κ2) is 8.61. The molecule has 0 aliphatic carbocycles. The van der Waals surface area contributed by atoms with Crippen LogP contribution in [-0.2, 0) is 16.1 Å². The highest BCUT2D eigenvalue weighted by Gasteiger charge is 2.41. The van der Waals surface area contributed by atoms with E-state index in [0.29, 0.717) is 24.2 Å². The van der Waals surface area contributed by atoms with Crippen molar-refractivity contribution in [3.63, 3.8) is 0 Å². The molecule has 5 nitrogen and oxygen atoms in total. The second-order valence-corrected chi connectivity index (χ2v) is 8.31. The van der Waals surface area contributed by atoms with Gasteiger partial charge in [-0.1, -0.05) is 12.1 Å². The van der Waals surface area contributed by atoms with Gasteiger partial charge in [0.2, 0.25) is 5.91 Å². The van der Waals surface area contributed by atoms with E-state index in [0.717, 1.165) is 64.3 Å². The fourth-order valence-electron chi connectivity index (χ4n) is 4.95. The van der Waals surface area contributed by atoms with E-state index < -0.39 is 0 Å². The van der Waals surface area contributed by atoms with Gasteiger partial charge in [0.1, 0.15) is 5.75 Å². The topological polar surface area (TPSA) is 42.0 Å². The number of amides is 1. The van der Waals surface area contributed by atoms with Crippen LogP contribution >= 0.6 is 0 Å². The van der Waals surface area contributed by atoms with Crippen molar-refractivity contribution in [3.05, 3.63) is 29.8 Å². The fourth-order valence-corrected chi connectivity index (χ4v) is 4.95. The summed E-state index contributed by atoms with van der Waals surface area (Å²) in [5.74, 6) is 2.32. The van der Waals surface area contributed by atoms with Crippen molar-refractivity contribution in [2.24, 2.45) is 11.8 Å². The predicted molar refractivity (Wildman–Crippen MR) is 105 cm³/mol. The van der Waals surface area contributed by atoms with Crippen LogP contribution in [0.5, 0.6) is 5.75 Å². The molecule has 3 aliphatic rings. The Kier molecular flexibility index (Phi) is 5.98. The normalized spacial score (nSPS) is 28.8. The van der Waals surface area contributed by atoms with Crippen molar-refractivity contribution in [1.29, 1.82) is 0 Å². The molecule has 0 spiro atoms. The van der Waals surface area contributed by atoms with E-state index in [1.807, 2.05) is 12.1 Å². The van der Waals surface area contributed by atoms with E-state index >= 15 is 0 Å². The number of carbonyl (C=O) groups excluding carboxylic acids is 1. The Morgan fingerprint density at radius 2 is 1.93 bits per heavy atom. The van der Waals surface area contributed by atoms with E-state index in [-0.39, 0.29) is 6.10 Å². The Bertz CT molecular complexity index is 627. The smallest absolute Gasteiger partial charge is 0.225 e. The lowest BCUT2D eigenvalue weighted by atomic mass is 9.83. The molecule has 3 atom stereocenters. The zero-order valence-electron chi connectivity index (χ0n) is 16.4. The van der Waals surface area contributed by atoms with Crippen LogP contribution < -0.4 is 4.74 Å². The number of carbonyl (C=O) groups is 1. The van der Waals surface area contributed by atoms with Crippen LogP contribution in [0.3, 0.4) is 0 Å².